The van der Waals surface area contributed by atoms with E-state index in [-0.39, 0.29) is 0 Å². The molecule has 0 bridgehead atoms. The van der Waals surface area contributed by atoms with Crippen LogP contribution in [0.2, 0.25) is 0 Å². The van der Waals surface area contributed by atoms with E-state index in [9.17, 15) is 0 Å². The smallest absolute Gasteiger partial charge is 0.108 e. The Hall–Kier alpha value is -0.790. The van der Waals surface area contributed by atoms with Gasteiger partial charge in [-0.15, -0.1) is 0 Å². The second-order valence-electron chi connectivity index (χ2n) is 3.14. The number of hydrogen-bond acceptors (Lipinski definition) is 1. The van der Waals surface area contributed by atoms with Crippen LogP contribution in [0.25, 0.3) is 0 Å². The van der Waals surface area contributed by atoms with E-state index in [1.54, 1.807) is 0 Å². The van der Waals surface area contributed by atoms with Crippen LogP contribution in [-0.2, 0) is 13.0 Å². The molecule has 1 atom stereocenters. The molecule has 1 aromatic heterocycles. The molecule has 0 fully saturated rings. The van der Waals surface area contributed by atoms with Crippen LogP contribution in [0, 0.1) is 5.92 Å². The monoisotopic (exact) mass is 166 g/mol. The lowest BCUT2D eigenvalue weighted by atomic mass is 10.0. The van der Waals surface area contributed by atoms with Crippen LogP contribution in [-0.4, -0.2) is 9.55 Å². The van der Waals surface area contributed by atoms with Gasteiger partial charge in [-0.25, -0.2) is 4.98 Å². The lowest BCUT2D eigenvalue weighted by Gasteiger charge is -2.19. The molecule has 0 amide bonds. The predicted octanol–water partition coefficient (Wildman–Crippen LogP) is 2.49. The predicted molar refractivity (Wildman–Crippen MR) is 51.1 cm³/mol. The van der Waals surface area contributed by atoms with Gasteiger partial charge in [0.25, 0.3) is 0 Å². The van der Waals surface area contributed by atoms with Gasteiger partial charge in [-0.05, 0) is 12.3 Å². The molecule has 0 aliphatic carbocycles. The van der Waals surface area contributed by atoms with Crippen molar-refractivity contribution in [2.45, 2.75) is 40.2 Å². The Kier molecular flexibility index (Phi) is 3.32. The summed E-state index contributed by atoms with van der Waals surface area (Å²) < 4.78 is 2.26. The molecular formula is C10H18N2. The van der Waals surface area contributed by atoms with Crippen molar-refractivity contribution in [1.82, 2.24) is 9.55 Å². The Morgan fingerprint density at radius 3 is 3.00 bits per heavy atom. The Balaban J connectivity index is 0.000000336. The fourth-order valence-corrected chi connectivity index (χ4v) is 1.54. The summed E-state index contributed by atoms with van der Waals surface area (Å²) in [5.74, 6) is 2.10. The van der Waals surface area contributed by atoms with Crippen LogP contribution in [0.15, 0.2) is 12.4 Å². The topological polar surface area (TPSA) is 17.8 Å². The average molecular weight is 166 g/mol. The lowest BCUT2D eigenvalue weighted by Crippen LogP contribution is -2.17. The highest BCUT2D eigenvalue weighted by atomic mass is 15.1. The molecule has 2 nitrogen and oxygen atoms in total. The SMILES string of the molecule is CC.CC1CCc2nccn2C1. The number of aromatic nitrogens is 2. The number of fused-ring (bicyclic) bond motifs is 1. The molecule has 0 spiro atoms. The maximum absolute atomic E-state index is 4.25. The Bertz CT molecular complexity index is 227. The fraction of sp³-hybridized carbons (Fsp3) is 0.700. The van der Waals surface area contributed by atoms with Crippen molar-refractivity contribution in [1.29, 1.82) is 0 Å². The first-order valence-electron chi connectivity index (χ1n) is 4.86. The van der Waals surface area contributed by atoms with Crippen molar-refractivity contribution in [2.24, 2.45) is 5.92 Å². The van der Waals surface area contributed by atoms with Crippen LogP contribution in [0.1, 0.15) is 33.0 Å². The van der Waals surface area contributed by atoms with E-state index in [2.05, 4.69) is 22.7 Å². The van der Waals surface area contributed by atoms with E-state index in [1.165, 1.54) is 12.2 Å². The zero-order chi connectivity index (χ0) is 8.97. The Morgan fingerprint density at radius 1 is 1.50 bits per heavy atom. The van der Waals surface area contributed by atoms with Gasteiger partial charge in [0.1, 0.15) is 5.82 Å². The van der Waals surface area contributed by atoms with Crippen molar-refractivity contribution >= 4 is 0 Å². The lowest BCUT2D eigenvalue weighted by molar-refractivity contribution is 0.394. The molecule has 1 unspecified atom stereocenters. The quantitative estimate of drug-likeness (QED) is 0.579. The van der Waals surface area contributed by atoms with Gasteiger partial charge in [0, 0.05) is 25.4 Å². The molecule has 1 aliphatic rings. The third kappa shape index (κ3) is 1.87. The van der Waals surface area contributed by atoms with Gasteiger partial charge in [0.05, 0.1) is 0 Å². The highest BCUT2D eigenvalue weighted by Gasteiger charge is 2.13. The van der Waals surface area contributed by atoms with Crippen molar-refractivity contribution in [3.8, 4) is 0 Å². The Labute approximate surface area is 74.6 Å². The number of hydrogen-bond donors (Lipinski definition) is 0. The van der Waals surface area contributed by atoms with Crippen LogP contribution in [0.3, 0.4) is 0 Å². The molecule has 68 valence electrons. The van der Waals surface area contributed by atoms with Crippen LogP contribution in [0.5, 0.6) is 0 Å². The number of rotatable bonds is 0. The van der Waals surface area contributed by atoms with Gasteiger partial charge in [0.15, 0.2) is 0 Å². The Morgan fingerprint density at radius 2 is 2.25 bits per heavy atom. The van der Waals surface area contributed by atoms with Gasteiger partial charge in [-0.1, -0.05) is 20.8 Å². The van der Waals surface area contributed by atoms with Gasteiger partial charge in [-0.2, -0.15) is 0 Å². The molecule has 2 heterocycles. The molecule has 2 heteroatoms. The summed E-state index contributed by atoms with van der Waals surface area (Å²) in [7, 11) is 0. The zero-order valence-corrected chi connectivity index (χ0v) is 8.25. The van der Waals surface area contributed by atoms with Gasteiger partial charge < -0.3 is 4.57 Å². The summed E-state index contributed by atoms with van der Waals surface area (Å²) in [6.07, 6.45) is 6.43. The van der Waals surface area contributed by atoms with Gasteiger partial charge >= 0.3 is 0 Å². The summed E-state index contributed by atoms with van der Waals surface area (Å²) >= 11 is 0. The second-order valence-corrected chi connectivity index (χ2v) is 3.14. The average Bonchev–Trinajstić information content (AvgIpc) is 2.54. The molecule has 1 aliphatic heterocycles. The van der Waals surface area contributed by atoms with E-state index in [1.807, 2.05) is 20.0 Å². The van der Waals surface area contributed by atoms with Crippen molar-refractivity contribution in [3.05, 3.63) is 18.2 Å². The first kappa shape index (κ1) is 9.30. The first-order valence-corrected chi connectivity index (χ1v) is 4.86. The standard InChI is InChI=1S/C8H12N2.C2H6/c1-7-2-3-8-9-4-5-10(8)6-7;1-2/h4-5,7H,2-3,6H2,1H3;1-2H3. The molecule has 12 heavy (non-hydrogen) atoms. The molecule has 0 N–H and O–H groups in total. The fourth-order valence-electron chi connectivity index (χ4n) is 1.54. The summed E-state index contributed by atoms with van der Waals surface area (Å²) in [4.78, 5) is 4.25. The maximum atomic E-state index is 4.25. The van der Waals surface area contributed by atoms with E-state index in [0.29, 0.717) is 0 Å². The molecule has 2 rings (SSSR count). The molecule has 0 aromatic carbocycles. The largest absolute Gasteiger partial charge is 0.335 e. The molecule has 0 saturated carbocycles. The number of nitrogens with zero attached hydrogens (tertiary/aromatic N) is 2. The van der Waals surface area contributed by atoms with E-state index in [4.69, 9.17) is 0 Å². The minimum Gasteiger partial charge on any atom is -0.335 e. The third-order valence-electron chi connectivity index (χ3n) is 2.17. The zero-order valence-electron chi connectivity index (χ0n) is 8.25. The minimum atomic E-state index is 0.835. The summed E-state index contributed by atoms with van der Waals surface area (Å²) in [5.41, 5.74) is 0. The molecule has 0 radical (unpaired) electrons. The normalized spacial score (nSPS) is 20.8. The van der Waals surface area contributed by atoms with Gasteiger partial charge in [0.2, 0.25) is 0 Å². The molecular weight excluding hydrogens is 148 g/mol. The van der Waals surface area contributed by atoms with Crippen molar-refractivity contribution < 1.29 is 0 Å². The van der Waals surface area contributed by atoms with E-state index in [0.717, 1.165) is 18.9 Å². The minimum absolute atomic E-state index is 0.835. The maximum Gasteiger partial charge on any atom is 0.108 e. The van der Waals surface area contributed by atoms with Crippen molar-refractivity contribution in [2.75, 3.05) is 0 Å². The van der Waals surface area contributed by atoms with Crippen LogP contribution in [0.4, 0.5) is 0 Å². The molecule has 0 saturated heterocycles. The third-order valence-corrected chi connectivity index (χ3v) is 2.17. The number of imidazole rings is 1. The summed E-state index contributed by atoms with van der Waals surface area (Å²) in [6, 6.07) is 0. The number of aryl methyl sites for hydroxylation is 1. The summed E-state index contributed by atoms with van der Waals surface area (Å²) in [5, 5.41) is 0. The highest BCUT2D eigenvalue weighted by molar-refractivity contribution is 4.95. The first-order chi connectivity index (χ1) is 5.86. The highest BCUT2D eigenvalue weighted by Crippen LogP contribution is 2.17. The van der Waals surface area contributed by atoms with Crippen LogP contribution >= 0.6 is 0 Å². The van der Waals surface area contributed by atoms with Crippen LogP contribution < -0.4 is 0 Å². The van der Waals surface area contributed by atoms with Crippen molar-refractivity contribution in [3.63, 3.8) is 0 Å². The van der Waals surface area contributed by atoms with Gasteiger partial charge in [-0.3, -0.25) is 0 Å². The second kappa shape index (κ2) is 4.29. The molecule has 1 aromatic rings. The summed E-state index contributed by atoms with van der Waals surface area (Å²) in [6.45, 7) is 7.46. The van der Waals surface area contributed by atoms with E-state index >= 15 is 0 Å². The van der Waals surface area contributed by atoms with E-state index < -0.39 is 0 Å².